The van der Waals surface area contributed by atoms with Crippen LogP contribution in [0.25, 0.3) is 0 Å². The lowest BCUT2D eigenvalue weighted by molar-refractivity contribution is 0.566. The molecular formula is C16H19FN6. The zero-order valence-corrected chi connectivity index (χ0v) is 13.1. The highest BCUT2D eigenvalue weighted by molar-refractivity contribution is 5.49. The highest BCUT2D eigenvalue weighted by Crippen LogP contribution is 2.41. The summed E-state index contributed by atoms with van der Waals surface area (Å²) in [4.78, 5) is 20.9. The van der Waals surface area contributed by atoms with Crippen LogP contribution in [0.3, 0.4) is 0 Å². The van der Waals surface area contributed by atoms with Crippen molar-refractivity contribution in [2.45, 2.75) is 25.7 Å². The van der Waals surface area contributed by atoms with Crippen molar-refractivity contribution in [3.63, 3.8) is 0 Å². The van der Waals surface area contributed by atoms with Crippen LogP contribution in [0.15, 0.2) is 18.9 Å². The lowest BCUT2D eigenvalue weighted by Crippen LogP contribution is -2.47. The summed E-state index contributed by atoms with van der Waals surface area (Å²) < 4.78 is 14.6. The first-order valence-electron chi connectivity index (χ1n) is 8.01. The second-order valence-corrected chi connectivity index (χ2v) is 6.17. The van der Waals surface area contributed by atoms with Crippen LogP contribution in [0, 0.1) is 12.7 Å². The number of anilines is 2. The van der Waals surface area contributed by atoms with Crippen molar-refractivity contribution >= 4 is 11.6 Å². The summed E-state index contributed by atoms with van der Waals surface area (Å²) in [5.41, 5.74) is 1.65. The molecule has 0 bridgehead atoms. The number of rotatable bonds is 3. The smallest absolute Gasteiger partial charge is 0.187 e. The summed E-state index contributed by atoms with van der Waals surface area (Å²) in [7, 11) is 0. The van der Waals surface area contributed by atoms with Crippen LogP contribution in [-0.2, 0) is 0 Å². The molecule has 3 heterocycles. The maximum Gasteiger partial charge on any atom is 0.187 e. The Morgan fingerprint density at radius 1 is 0.957 bits per heavy atom. The van der Waals surface area contributed by atoms with E-state index in [1.807, 2.05) is 18.0 Å². The number of piperazine rings is 1. The maximum absolute atomic E-state index is 14.6. The third-order valence-corrected chi connectivity index (χ3v) is 4.51. The average molecular weight is 314 g/mol. The van der Waals surface area contributed by atoms with Gasteiger partial charge in [0.05, 0.1) is 5.69 Å². The lowest BCUT2D eigenvalue weighted by atomic mass is 10.2. The molecule has 2 aliphatic rings. The molecule has 7 heteroatoms. The van der Waals surface area contributed by atoms with Gasteiger partial charge in [0.15, 0.2) is 11.6 Å². The minimum atomic E-state index is -0.235. The molecule has 2 aromatic rings. The highest BCUT2D eigenvalue weighted by Gasteiger charge is 2.31. The predicted octanol–water partition coefficient (Wildman–Crippen LogP) is 1.92. The molecule has 0 spiro atoms. The van der Waals surface area contributed by atoms with E-state index in [2.05, 4.69) is 24.8 Å². The van der Waals surface area contributed by atoms with Crippen molar-refractivity contribution in [2.24, 2.45) is 0 Å². The first-order valence-corrected chi connectivity index (χ1v) is 8.01. The van der Waals surface area contributed by atoms with Crippen LogP contribution in [0.1, 0.15) is 30.0 Å². The van der Waals surface area contributed by atoms with Crippen LogP contribution in [0.2, 0.25) is 0 Å². The summed E-state index contributed by atoms with van der Waals surface area (Å²) in [5.74, 6) is 1.46. The molecule has 0 amide bonds. The van der Waals surface area contributed by atoms with Crippen molar-refractivity contribution < 1.29 is 4.39 Å². The number of hydrogen-bond donors (Lipinski definition) is 0. The van der Waals surface area contributed by atoms with Gasteiger partial charge in [-0.05, 0) is 19.8 Å². The van der Waals surface area contributed by atoms with Gasteiger partial charge >= 0.3 is 0 Å². The van der Waals surface area contributed by atoms with Crippen molar-refractivity contribution in [3.05, 3.63) is 35.9 Å². The molecule has 120 valence electrons. The Balaban J connectivity index is 1.50. The second-order valence-electron chi connectivity index (χ2n) is 6.17. The summed E-state index contributed by atoms with van der Waals surface area (Å²) >= 11 is 0. The quantitative estimate of drug-likeness (QED) is 0.863. The number of aromatic nitrogens is 4. The topological polar surface area (TPSA) is 58.0 Å². The zero-order valence-electron chi connectivity index (χ0n) is 13.1. The van der Waals surface area contributed by atoms with Gasteiger partial charge in [0, 0.05) is 43.9 Å². The molecule has 1 aliphatic carbocycles. The van der Waals surface area contributed by atoms with E-state index in [-0.39, 0.29) is 5.82 Å². The standard InChI is InChI=1S/C16H19FN6/c1-11-8-18-9-20-15(11)22-4-6-23(7-5-22)16-13(17)14(12-2-3-12)19-10-21-16/h8-10,12H,2-7H2,1H3. The molecule has 23 heavy (non-hydrogen) atoms. The first kappa shape index (κ1) is 14.3. The minimum absolute atomic E-state index is 0.235. The summed E-state index contributed by atoms with van der Waals surface area (Å²) in [6, 6.07) is 0. The first-order chi connectivity index (χ1) is 11.2. The summed E-state index contributed by atoms with van der Waals surface area (Å²) in [5, 5.41) is 0. The van der Waals surface area contributed by atoms with E-state index in [1.54, 1.807) is 6.33 Å². The number of aryl methyl sites for hydroxylation is 1. The van der Waals surface area contributed by atoms with Gasteiger partial charge in [-0.1, -0.05) is 0 Å². The van der Waals surface area contributed by atoms with E-state index in [0.717, 1.165) is 50.4 Å². The van der Waals surface area contributed by atoms with Gasteiger partial charge in [0.2, 0.25) is 0 Å². The van der Waals surface area contributed by atoms with Gasteiger partial charge in [-0.3, -0.25) is 0 Å². The number of halogens is 1. The van der Waals surface area contributed by atoms with Crippen molar-refractivity contribution in [1.82, 2.24) is 19.9 Å². The molecular weight excluding hydrogens is 295 g/mol. The fraction of sp³-hybridized carbons (Fsp3) is 0.500. The van der Waals surface area contributed by atoms with Crippen molar-refractivity contribution in [2.75, 3.05) is 36.0 Å². The van der Waals surface area contributed by atoms with Gasteiger partial charge in [-0.15, -0.1) is 0 Å². The number of nitrogens with zero attached hydrogens (tertiary/aromatic N) is 6. The lowest BCUT2D eigenvalue weighted by Gasteiger charge is -2.36. The van der Waals surface area contributed by atoms with Gasteiger partial charge < -0.3 is 9.80 Å². The Morgan fingerprint density at radius 3 is 2.26 bits per heavy atom. The molecule has 1 saturated carbocycles. The third kappa shape index (κ3) is 2.71. The summed E-state index contributed by atoms with van der Waals surface area (Å²) in [6.45, 7) is 5.04. The Bertz CT molecular complexity index is 709. The highest BCUT2D eigenvalue weighted by atomic mass is 19.1. The molecule has 2 fully saturated rings. The molecule has 2 aromatic heterocycles. The Morgan fingerprint density at radius 2 is 1.61 bits per heavy atom. The predicted molar refractivity (Wildman–Crippen MR) is 85.2 cm³/mol. The van der Waals surface area contributed by atoms with Crippen molar-refractivity contribution in [3.8, 4) is 0 Å². The monoisotopic (exact) mass is 314 g/mol. The van der Waals surface area contributed by atoms with E-state index < -0.39 is 0 Å². The Labute approximate surface area is 134 Å². The largest absolute Gasteiger partial charge is 0.353 e. The van der Waals surface area contributed by atoms with E-state index in [1.165, 1.54) is 6.33 Å². The average Bonchev–Trinajstić information content (AvgIpc) is 3.41. The Hall–Kier alpha value is -2.31. The van der Waals surface area contributed by atoms with Crippen LogP contribution in [0.5, 0.6) is 0 Å². The molecule has 1 saturated heterocycles. The molecule has 4 rings (SSSR count). The van der Waals surface area contributed by atoms with Gasteiger partial charge in [-0.2, -0.15) is 0 Å². The maximum atomic E-state index is 14.6. The van der Waals surface area contributed by atoms with E-state index in [9.17, 15) is 4.39 Å². The fourth-order valence-corrected chi connectivity index (χ4v) is 3.09. The molecule has 0 aromatic carbocycles. The van der Waals surface area contributed by atoms with Crippen LogP contribution in [-0.4, -0.2) is 46.1 Å². The Kier molecular flexibility index (Phi) is 3.55. The van der Waals surface area contributed by atoms with Gasteiger partial charge in [0.25, 0.3) is 0 Å². The number of hydrogen-bond acceptors (Lipinski definition) is 6. The van der Waals surface area contributed by atoms with Gasteiger partial charge in [-0.25, -0.2) is 24.3 Å². The molecule has 0 unspecified atom stereocenters. The van der Waals surface area contributed by atoms with Gasteiger partial charge in [0.1, 0.15) is 18.5 Å². The second kappa shape index (κ2) is 5.72. The van der Waals surface area contributed by atoms with Crippen LogP contribution in [0.4, 0.5) is 16.0 Å². The molecule has 6 nitrogen and oxygen atoms in total. The normalized spacial score (nSPS) is 18.3. The zero-order chi connectivity index (χ0) is 15.8. The van der Waals surface area contributed by atoms with Crippen molar-refractivity contribution in [1.29, 1.82) is 0 Å². The molecule has 0 atom stereocenters. The van der Waals surface area contributed by atoms with E-state index in [4.69, 9.17) is 0 Å². The summed E-state index contributed by atoms with van der Waals surface area (Å²) in [6.07, 6.45) is 6.96. The molecule has 1 aliphatic heterocycles. The SMILES string of the molecule is Cc1cncnc1N1CCN(c2ncnc(C3CC3)c2F)CC1. The van der Waals surface area contributed by atoms with Crippen LogP contribution < -0.4 is 9.80 Å². The minimum Gasteiger partial charge on any atom is -0.353 e. The molecule has 0 N–H and O–H groups in total. The molecule has 0 radical (unpaired) electrons. The van der Waals surface area contributed by atoms with E-state index in [0.29, 0.717) is 17.4 Å². The van der Waals surface area contributed by atoms with E-state index >= 15 is 0 Å². The van der Waals surface area contributed by atoms with Crippen LogP contribution >= 0.6 is 0 Å². The third-order valence-electron chi connectivity index (χ3n) is 4.51. The fourth-order valence-electron chi connectivity index (χ4n) is 3.09.